The molecule has 0 radical (unpaired) electrons. The van der Waals surface area contributed by atoms with Crippen LogP contribution in [0.5, 0.6) is 0 Å². The van der Waals surface area contributed by atoms with Crippen LogP contribution < -0.4 is 5.32 Å². The molecule has 2 amide bonds. The Morgan fingerprint density at radius 1 is 1.35 bits per heavy atom. The number of carbonyl (C=O) groups is 2. The van der Waals surface area contributed by atoms with Crippen LogP contribution in [-0.4, -0.2) is 56.4 Å². The molecule has 1 heterocycles. The van der Waals surface area contributed by atoms with Crippen LogP contribution in [-0.2, 0) is 4.79 Å². The van der Waals surface area contributed by atoms with E-state index in [1.54, 1.807) is 0 Å². The topological polar surface area (TPSA) is 89.9 Å². The monoisotopic (exact) mass is 302 g/mol. The molecule has 20 heavy (non-hydrogen) atoms. The summed E-state index contributed by atoms with van der Waals surface area (Å²) in [5.74, 6) is -0.540. The summed E-state index contributed by atoms with van der Waals surface area (Å²) in [6, 6.07) is -1.39. The lowest BCUT2D eigenvalue weighted by Gasteiger charge is -2.33. The van der Waals surface area contributed by atoms with Crippen molar-refractivity contribution in [2.45, 2.75) is 62.6 Å². The number of nitrogens with zero attached hydrogens (tertiary/aromatic N) is 1. The van der Waals surface area contributed by atoms with Gasteiger partial charge in [0.15, 0.2) is 0 Å². The largest absolute Gasteiger partial charge is 0.480 e. The van der Waals surface area contributed by atoms with E-state index in [1.165, 1.54) is 16.7 Å². The third-order valence-corrected chi connectivity index (χ3v) is 5.45. The summed E-state index contributed by atoms with van der Waals surface area (Å²) < 4.78 is 0. The second kappa shape index (κ2) is 6.67. The maximum atomic E-state index is 12.4. The number of amides is 2. The number of carboxylic acids is 1. The first-order valence-corrected chi connectivity index (χ1v) is 8.20. The van der Waals surface area contributed by atoms with E-state index >= 15 is 0 Å². The second-order valence-electron chi connectivity index (χ2n) is 5.37. The summed E-state index contributed by atoms with van der Waals surface area (Å²) in [6.07, 6.45) is 3.60. The number of carboxylic acid groups (broad SMARTS) is 1. The van der Waals surface area contributed by atoms with Gasteiger partial charge in [-0.25, -0.2) is 9.59 Å². The zero-order valence-electron chi connectivity index (χ0n) is 11.6. The molecule has 0 aromatic rings. The molecule has 2 rings (SSSR count). The molecule has 3 N–H and O–H groups in total. The van der Waals surface area contributed by atoms with Crippen LogP contribution in [0.3, 0.4) is 0 Å². The fourth-order valence-corrected chi connectivity index (χ4v) is 4.20. The summed E-state index contributed by atoms with van der Waals surface area (Å²) in [4.78, 5) is 25.0. The van der Waals surface area contributed by atoms with E-state index in [4.69, 9.17) is 0 Å². The van der Waals surface area contributed by atoms with Crippen molar-refractivity contribution in [3.63, 3.8) is 0 Å². The van der Waals surface area contributed by atoms with Crippen molar-refractivity contribution in [2.24, 2.45) is 0 Å². The summed E-state index contributed by atoms with van der Waals surface area (Å²) in [7, 11) is 0. The summed E-state index contributed by atoms with van der Waals surface area (Å²) in [6.45, 7) is 1.94. The summed E-state index contributed by atoms with van der Waals surface area (Å²) in [5, 5.41) is 21.8. The lowest BCUT2D eigenvalue weighted by atomic mass is 9.93. The summed E-state index contributed by atoms with van der Waals surface area (Å²) in [5.41, 5.74) is 0. The fraction of sp³-hybridized carbons (Fsp3) is 0.846. The van der Waals surface area contributed by atoms with Gasteiger partial charge in [0.25, 0.3) is 0 Å². The standard InChI is InChI=1S/C13H22N2O4S/c1-2-11-15(9(7-20-11)12(17)18)13(19)14-8-5-3-4-6-10(8)16/h8-11,16H,2-7H2,1H3,(H,14,19)(H,17,18). The number of hydrogen-bond acceptors (Lipinski definition) is 4. The molecule has 6 nitrogen and oxygen atoms in total. The van der Waals surface area contributed by atoms with E-state index in [1.807, 2.05) is 6.92 Å². The van der Waals surface area contributed by atoms with Crippen LogP contribution in [0.25, 0.3) is 0 Å². The zero-order chi connectivity index (χ0) is 14.7. The first-order valence-electron chi connectivity index (χ1n) is 7.16. The Labute approximate surface area is 122 Å². The molecule has 114 valence electrons. The normalized spacial score (nSPS) is 34.0. The van der Waals surface area contributed by atoms with Gasteiger partial charge in [-0.15, -0.1) is 11.8 Å². The predicted octanol–water partition coefficient (Wildman–Crippen LogP) is 1.24. The molecule has 0 aromatic carbocycles. The minimum Gasteiger partial charge on any atom is -0.480 e. The van der Waals surface area contributed by atoms with E-state index in [9.17, 15) is 19.8 Å². The molecule has 1 aliphatic heterocycles. The quantitative estimate of drug-likeness (QED) is 0.730. The second-order valence-corrected chi connectivity index (χ2v) is 6.58. The third-order valence-electron chi connectivity index (χ3n) is 4.00. The number of rotatable bonds is 3. The van der Waals surface area contributed by atoms with Crippen LogP contribution in [0.1, 0.15) is 39.0 Å². The number of hydrogen-bond donors (Lipinski definition) is 3. The highest BCUT2D eigenvalue weighted by molar-refractivity contribution is 8.00. The number of aliphatic carboxylic acids is 1. The van der Waals surface area contributed by atoms with Gasteiger partial charge in [0.2, 0.25) is 0 Å². The van der Waals surface area contributed by atoms with Crippen LogP contribution in [0.15, 0.2) is 0 Å². The van der Waals surface area contributed by atoms with Gasteiger partial charge in [0.05, 0.1) is 17.5 Å². The molecule has 1 saturated carbocycles. The maximum Gasteiger partial charge on any atom is 0.327 e. The average Bonchev–Trinajstić information content (AvgIpc) is 2.85. The molecular formula is C13H22N2O4S. The Balaban J connectivity index is 2.03. The maximum absolute atomic E-state index is 12.4. The Kier molecular flexibility index (Phi) is 5.15. The van der Waals surface area contributed by atoms with Gasteiger partial charge in [0, 0.05) is 5.75 Å². The SMILES string of the molecule is CCC1SCC(C(=O)O)N1C(=O)NC1CCCCC1O. The number of urea groups is 1. The molecular weight excluding hydrogens is 280 g/mol. The lowest BCUT2D eigenvalue weighted by Crippen LogP contribution is -2.55. The van der Waals surface area contributed by atoms with Gasteiger partial charge in [-0.1, -0.05) is 19.8 Å². The Hall–Kier alpha value is -0.950. The minimum atomic E-state index is -0.965. The lowest BCUT2D eigenvalue weighted by molar-refractivity contribution is -0.141. The van der Waals surface area contributed by atoms with Crippen molar-refractivity contribution in [3.05, 3.63) is 0 Å². The highest BCUT2D eigenvalue weighted by Gasteiger charge is 2.41. The highest BCUT2D eigenvalue weighted by atomic mass is 32.2. The Bertz CT molecular complexity index is 379. The van der Waals surface area contributed by atoms with Gasteiger partial charge in [-0.3, -0.25) is 4.90 Å². The van der Waals surface area contributed by atoms with E-state index < -0.39 is 18.1 Å². The molecule has 1 saturated heterocycles. The van der Waals surface area contributed by atoms with E-state index in [2.05, 4.69) is 5.32 Å². The van der Waals surface area contributed by atoms with Gasteiger partial charge >= 0.3 is 12.0 Å². The number of thioether (sulfide) groups is 1. The van der Waals surface area contributed by atoms with Crippen molar-refractivity contribution >= 4 is 23.8 Å². The van der Waals surface area contributed by atoms with Crippen LogP contribution >= 0.6 is 11.8 Å². The molecule has 0 bridgehead atoms. The third kappa shape index (κ3) is 3.20. The van der Waals surface area contributed by atoms with Gasteiger partial charge in [-0.2, -0.15) is 0 Å². The average molecular weight is 302 g/mol. The predicted molar refractivity (Wildman–Crippen MR) is 76.6 cm³/mol. The molecule has 4 atom stereocenters. The Morgan fingerprint density at radius 2 is 2.05 bits per heavy atom. The molecule has 4 unspecified atom stereocenters. The molecule has 0 aromatic heterocycles. The highest BCUT2D eigenvalue weighted by Crippen LogP contribution is 2.31. The first-order chi connectivity index (χ1) is 9.54. The van der Waals surface area contributed by atoms with Crippen molar-refractivity contribution in [3.8, 4) is 0 Å². The molecule has 1 aliphatic carbocycles. The number of nitrogens with one attached hydrogen (secondary N) is 1. The molecule has 2 fully saturated rings. The van der Waals surface area contributed by atoms with Gasteiger partial charge in [0.1, 0.15) is 6.04 Å². The van der Waals surface area contributed by atoms with Gasteiger partial charge < -0.3 is 15.5 Å². The van der Waals surface area contributed by atoms with Crippen molar-refractivity contribution in [1.82, 2.24) is 10.2 Å². The fourth-order valence-electron chi connectivity index (χ4n) is 2.85. The number of aliphatic hydroxyl groups excluding tert-OH is 1. The molecule has 7 heteroatoms. The van der Waals surface area contributed by atoms with E-state index in [0.717, 1.165) is 25.7 Å². The van der Waals surface area contributed by atoms with Crippen LogP contribution in [0.4, 0.5) is 4.79 Å². The van der Waals surface area contributed by atoms with E-state index in [-0.39, 0.29) is 17.4 Å². The van der Waals surface area contributed by atoms with Gasteiger partial charge in [-0.05, 0) is 19.3 Å². The van der Waals surface area contributed by atoms with Crippen molar-refractivity contribution in [1.29, 1.82) is 0 Å². The van der Waals surface area contributed by atoms with Crippen molar-refractivity contribution in [2.75, 3.05) is 5.75 Å². The van der Waals surface area contributed by atoms with Crippen molar-refractivity contribution < 1.29 is 19.8 Å². The van der Waals surface area contributed by atoms with E-state index in [0.29, 0.717) is 12.2 Å². The summed E-state index contributed by atoms with van der Waals surface area (Å²) >= 11 is 1.50. The van der Waals surface area contributed by atoms with Crippen LogP contribution in [0, 0.1) is 0 Å². The molecule has 2 aliphatic rings. The smallest absolute Gasteiger partial charge is 0.327 e. The number of aliphatic hydroxyl groups is 1. The van der Waals surface area contributed by atoms with Crippen LogP contribution in [0.2, 0.25) is 0 Å². The first kappa shape index (κ1) is 15.4. The molecule has 0 spiro atoms. The Morgan fingerprint density at radius 3 is 2.65 bits per heavy atom. The number of carbonyl (C=O) groups excluding carboxylic acids is 1. The zero-order valence-corrected chi connectivity index (χ0v) is 12.4. The minimum absolute atomic E-state index is 0.100.